The van der Waals surface area contributed by atoms with Gasteiger partial charge in [0.2, 0.25) is 0 Å². The van der Waals surface area contributed by atoms with Gasteiger partial charge in [0.1, 0.15) is 5.82 Å². The number of halogens is 1. The Bertz CT molecular complexity index is 768. The Morgan fingerprint density at radius 1 is 0.950 bits per heavy atom. The summed E-state index contributed by atoms with van der Waals surface area (Å²) in [5.41, 5.74) is 3.94. The van der Waals surface area contributed by atoms with Crippen LogP contribution in [0, 0.1) is 5.82 Å². The molecule has 0 spiro atoms. The summed E-state index contributed by atoms with van der Waals surface area (Å²) in [4.78, 5) is 0. The standard InChI is InChI=1S/C18H18FN/c1-12(2)16-6-4-14(11-17(16)19)13-5-7-18-15(10-13)8-9-20(18)3/h4-12H,1-3H3. The molecule has 3 rings (SSSR count). The van der Waals surface area contributed by atoms with Crippen molar-refractivity contribution in [1.82, 2.24) is 4.57 Å². The molecule has 0 aliphatic heterocycles. The van der Waals surface area contributed by atoms with Crippen LogP contribution in [-0.2, 0) is 7.05 Å². The fourth-order valence-corrected chi connectivity index (χ4v) is 2.64. The average Bonchev–Trinajstić information content (AvgIpc) is 2.79. The molecule has 1 aromatic heterocycles. The van der Waals surface area contributed by atoms with E-state index in [2.05, 4.69) is 22.8 Å². The van der Waals surface area contributed by atoms with Crippen LogP contribution >= 0.6 is 0 Å². The van der Waals surface area contributed by atoms with Crippen LogP contribution in [0.5, 0.6) is 0 Å². The first kappa shape index (κ1) is 12.9. The number of aromatic nitrogens is 1. The number of fused-ring (bicyclic) bond motifs is 1. The molecule has 20 heavy (non-hydrogen) atoms. The van der Waals surface area contributed by atoms with E-state index in [4.69, 9.17) is 0 Å². The van der Waals surface area contributed by atoms with Crippen molar-refractivity contribution in [2.45, 2.75) is 19.8 Å². The van der Waals surface area contributed by atoms with Crippen molar-refractivity contribution in [2.24, 2.45) is 7.05 Å². The molecule has 1 nitrogen and oxygen atoms in total. The van der Waals surface area contributed by atoms with Crippen LogP contribution < -0.4 is 0 Å². The van der Waals surface area contributed by atoms with Gasteiger partial charge in [-0.1, -0.05) is 32.0 Å². The van der Waals surface area contributed by atoms with Gasteiger partial charge in [0.15, 0.2) is 0 Å². The van der Waals surface area contributed by atoms with E-state index in [1.165, 1.54) is 10.9 Å². The van der Waals surface area contributed by atoms with Crippen LogP contribution in [0.3, 0.4) is 0 Å². The molecule has 0 N–H and O–H groups in total. The Morgan fingerprint density at radius 2 is 1.65 bits per heavy atom. The molecular weight excluding hydrogens is 249 g/mol. The van der Waals surface area contributed by atoms with Crippen molar-refractivity contribution in [3.63, 3.8) is 0 Å². The first-order chi connectivity index (χ1) is 9.56. The van der Waals surface area contributed by atoms with Gasteiger partial charge in [0, 0.05) is 24.1 Å². The molecule has 0 radical (unpaired) electrons. The highest BCUT2D eigenvalue weighted by Gasteiger charge is 2.09. The number of hydrogen-bond donors (Lipinski definition) is 0. The number of aryl methyl sites for hydroxylation is 1. The molecule has 2 aromatic carbocycles. The van der Waals surface area contributed by atoms with Crippen LogP contribution in [0.1, 0.15) is 25.3 Å². The first-order valence-electron chi connectivity index (χ1n) is 6.91. The molecule has 0 saturated carbocycles. The van der Waals surface area contributed by atoms with Gasteiger partial charge in [-0.2, -0.15) is 0 Å². The fraction of sp³-hybridized carbons (Fsp3) is 0.222. The van der Waals surface area contributed by atoms with Gasteiger partial charge in [-0.05, 0) is 46.9 Å². The van der Waals surface area contributed by atoms with E-state index >= 15 is 0 Å². The average molecular weight is 267 g/mol. The van der Waals surface area contributed by atoms with E-state index in [-0.39, 0.29) is 11.7 Å². The van der Waals surface area contributed by atoms with Gasteiger partial charge in [0.25, 0.3) is 0 Å². The van der Waals surface area contributed by atoms with Gasteiger partial charge >= 0.3 is 0 Å². The van der Waals surface area contributed by atoms with E-state index in [0.717, 1.165) is 16.7 Å². The lowest BCUT2D eigenvalue weighted by Gasteiger charge is -2.09. The maximum Gasteiger partial charge on any atom is 0.127 e. The van der Waals surface area contributed by atoms with E-state index in [9.17, 15) is 4.39 Å². The summed E-state index contributed by atoms with van der Waals surface area (Å²) in [6.07, 6.45) is 2.04. The summed E-state index contributed by atoms with van der Waals surface area (Å²) in [7, 11) is 2.03. The highest BCUT2D eigenvalue weighted by Crippen LogP contribution is 2.28. The lowest BCUT2D eigenvalue weighted by molar-refractivity contribution is 0.599. The topological polar surface area (TPSA) is 4.93 Å². The lowest BCUT2D eigenvalue weighted by atomic mass is 9.97. The van der Waals surface area contributed by atoms with Crippen molar-refractivity contribution in [2.75, 3.05) is 0 Å². The normalized spacial score (nSPS) is 11.4. The van der Waals surface area contributed by atoms with Crippen LogP contribution in [0.15, 0.2) is 48.7 Å². The third-order valence-electron chi connectivity index (χ3n) is 3.84. The number of benzene rings is 2. The molecule has 0 atom stereocenters. The van der Waals surface area contributed by atoms with E-state index in [1.807, 2.05) is 45.3 Å². The van der Waals surface area contributed by atoms with E-state index in [0.29, 0.717) is 0 Å². The molecule has 2 heteroatoms. The predicted molar refractivity (Wildman–Crippen MR) is 82.4 cm³/mol. The Hall–Kier alpha value is -2.09. The maximum absolute atomic E-state index is 14.1. The zero-order valence-electron chi connectivity index (χ0n) is 12.0. The van der Waals surface area contributed by atoms with Gasteiger partial charge in [-0.15, -0.1) is 0 Å². The van der Waals surface area contributed by atoms with Crippen LogP contribution in [0.25, 0.3) is 22.0 Å². The first-order valence-corrected chi connectivity index (χ1v) is 6.91. The molecule has 0 bridgehead atoms. The Morgan fingerprint density at radius 3 is 2.35 bits per heavy atom. The fourth-order valence-electron chi connectivity index (χ4n) is 2.64. The maximum atomic E-state index is 14.1. The molecule has 0 aliphatic rings. The highest BCUT2D eigenvalue weighted by atomic mass is 19.1. The number of nitrogens with zero attached hydrogens (tertiary/aromatic N) is 1. The van der Waals surface area contributed by atoms with Crippen LogP contribution in [0.4, 0.5) is 4.39 Å². The summed E-state index contributed by atoms with van der Waals surface area (Å²) in [5.74, 6) is 0.0892. The summed E-state index contributed by atoms with van der Waals surface area (Å²) in [6, 6.07) is 13.9. The third-order valence-corrected chi connectivity index (χ3v) is 3.84. The molecule has 102 valence electrons. The quantitative estimate of drug-likeness (QED) is 0.608. The summed E-state index contributed by atoms with van der Waals surface area (Å²) in [6.45, 7) is 4.02. The molecule has 1 heterocycles. The monoisotopic (exact) mass is 267 g/mol. The Kier molecular flexibility index (Phi) is 3.09. The van der Waals surface area contributed by atoms with Gasteiger partial charge < -0.3 is 4.57 Å². The number of hydrogen-bond acceptors (Lipinski definition) is 0. The zero-order valence-corrected chi connectivity index (χ0v) is 12.0. The summed E-state index contributed by atoms with van der Waals surface area (Å²) in [5, 5.41) is 1.18. The Balaban J connectivity index is 2.08. The second kappa shape index (κ2) is 4.78. The van der Waals surface area contributed by atoms with Crippen molar-refractivity contribution in [1.29, 1.82) is 0 Å². The molecule has 0 fully saturated rings. The summed E-state index contributed by atoms with van der Waals surface area (Å²) >= 11 is 0. The SMILES string of the molecule is CC(C)c1ccc(-c2ccc3c(ccn3C)c2)cc1F. The number of rotatable bonds is 2. The van der Waals surface area contributed by atoms with Crippen molar-refractivity contribution >= 4 is 10.9 Å². The smallest absolute Gasteiger partial charge is 0.127 e. The van der Waals surface area contributed by atoms with Gasteiger partial charge in [0.05, 0.1) is 0 Å². The van der Waals surface area contributed by atoms with E-state index in [1.54, 1.807) is 6.07 Å². The molecule has 0 amide bonds. The van der Waals surface area contributed by atoms with Gasteiger partial charge in [-0.25, -0.2) is 4.39 Å². The molecule has 0 unspecified atom stereocenters. The van der Waals surface area contributed by atoms with Crippen molar-refractivity contribution in [3.05, 3.63) is 60.0 Å². The van der Waals surface area contributed by atoms with Gasteiger partial charge in [-0.3, -0.25) is 0 Å². The zero-order chi connectivity index (χ0) is 14.3. The second-order valence-electron chi connectivity index (χ2n) is 5.59. The summed E-state index contributed by atoms with van der Waals surface area (Å²) < 4.78 is 16.2. The minimum Gasteiger partial charge on any atom is -0.351 e. The van der Waals surface area contributed by atoms with E-state index < -0.39 is 0 Å². The lowest BCUT2D eigenvalue weighted by Crippen LogP contribution is -1.93. The van der Waals surface area contributed by atoms with Crippen LogP contribution in [0.2, 0.25) is 0 Å². The second-order valence-corrected chi connectivity index (χ2v) is 5.59. The molecule has 3 aromatic rings. The molecule has 0 aliphatic carbocycles. The van der Waals surface area contributed by atoms with Crippen LogP contribution in [-0.4, -0.2) is 4.57 Å². The minimum absolute atomic E-state index is 0.120. The predicted octanol–water partition coefficient (Wildman–Crippen LogP) is 5.11. The minimum atomic E-state index is -0.120. The Labute approximate surface area is 118 Å². The highest BCUT2D eigenvalue weighted by molar-refractivity contribution is 5.85. The third kappa shape index (κ3) is 2.11. The molecule has 0 saturated heterocycles. The van der Waals surface area contributed by atoms with Crippen molar-refractivity contribution < 1.29 is 4.39 Å². The molecular formula is C18H18FN. The largest absolute Gasteiger partial charge is 0.351 e. The van der Waals surface area contributed by atoms with Crippen molar-refractivity contribution in [3.8, 4) is 11.1 Å².